The monoisotopic (exact) mass is 531 g/mol. The number of carbonyl (C=O) groups is 1. The number of ether oxygens (including phenoxy) is 2. The van der Waals surface area contributed by atoms with Crippen molar-refractivity contribution in [3.8, 4) is 11.5 Å². The van der Waals surface area contributed by atoms with Gasteiger partial charge in [0, 0.05) is 24.0 Å². The van der Waals surface area contributed by atoms with E-state index in [0.29, 0.717) is 17.2 Å². The lowest BCUT2D eigenvalue weighted by molar-refractivity contribution is -0.938. The molecular weight excluding hydrogens is 484 g/mol. The molecule has 5 nitrogen and oxygen atoms in total. The normalized spacial score (nSPS) is 13.5. The highest BCUT2D eigenvalue weighted by Gasteiger charge is 2.29. The van der Waals surface area contributed by atoms with Crippen LogP contribution < -0.4 is 9.47 Å². The highest BCUT2D eigenvalue weighted by molar-refractivity contribution is 6.02. The van der Waals surface area contributed by atoms with Gasteiger partial charge in [-0.1, -0.05) is 41.5 Å². The Hall–Kier alpha value is -3.05. The summed E-state index contributed by atoms with van der Waals surface area (Å²) in [7, 11) is 3.31. The van der Waals surface area contributed by atoms with Crippen LogP contribution in [-0.2, 0) is 6.54 Å². The van der Waals surface area contributed by atoms with Crippen molar-refractivity contribution in [2.75, 3.05) is 46.9 Å². The molecule has 1 saturated carbocycles. The molecule has 0 spiro atoms. The highest BCUT2D eigenvalue weighted by atomic mass is 16.5. The van der Waals surface area contributed by atoms with Gasteiger partial charge in [0.15, 0.2) is 0 Å². The summed E-state index contributed by atoms with van der Waals surface area (Å²) < 4.78 is 12.3. The van der Waals surface area contributed by atoms with Gasteiger partial charge >= 0.3 is 0 Å². The summed E-state index contributed by atoms with van der Waals surface area (Å²) in [5.41, 5.74) is 4.75. The van der Waals surface area contributed by atoms with Crippen LogP contribution in [0.3, 0.4) is 0 Å². The minimum Gasteiger partial charge on any atom is -0.496 e. The Bertz CT molecular complexity index is 1260. The molecule has 0 heterocycles. The molecule has 0 atom stereocenters. The number of carbonyl (C=O) groups excluding carboxylic acids is 1. The van der Waals surface area contributed by atoms with E-state index in [1.54, 1.807) is 14.2 Å². The summed E-state index contributed by atoms with van der Waals surface area (Å²) in [6, 6.07) is 16.8. The Labute approximate surface area is 235 Å². The van der Waals surface area contributed by atoms with Crippen molar-refractivity contribution >= 4 is 16.7 Å². The fraction of sp³-hybridized carbons (Fsp3) is 0.500. The number of amides is 1. The van der Waals surface area contributed by atoms with E-state index in [4.69, 9.17) is 9.47 Å². The number of unbranched alkanes of at least 4 members (excludes halogenated alkanes) is 1. The van der Waals surface area contributed by atoms with E-state index < -0.39 is 0 Å². The van der Waals surface area contributed by atoms with Gasteiger partial charge in [0.2, 0.25) is 0 Å². The molecule has 3 aromatic carbocycles. The van der Waals surface area contributed by atoms with E-state index >= 15 is 0 Å². The van der Waals surface area contributed by atoms with E-state index in [1.165, 1.54) is 29.5 Å². The van der Waals surface area contributed by atoms with Crippen molar-refractivity contribution in [2.24, 2.45) is 5.92 Å². The highest BCUT2D eigenvalue weighted by Crippen LogP contribution is 2.34. The standard InChI is InChI=1S/C34H47N2O3/c1-7-36(8-2,24-28-19-25(3)18-26(4)20-28)17-10-9-16-35(23-27-14-15-27)34(37)31-21-29-12-11-13-32(38-5)30(29)22-33(31)39-6/h11-13,18-22,27H,7-10,14-17,23-24H2,1-6H3/q+1. The molecule has 210 valence electrons. The third-order valence-electron chi connectivity index (χ3n) is 8.53. The van der Waals surface area contributed by atoms with E-state index in [2.05, 4.69) is 50.8 Å². The largest absolute Gasteiger partial charge is 0.496 e. The first kappa shape index (κ1) is 28.9. The zero-order chi connectivity index (χ0) is 28.0. The molecule has 0 aliphatic heterocycles. The summed E-state index contributed by atoms with van der Waals surface area (Å²) in [5.74, 6) is 2.10. The quantitative estimate of drug-likeness (QED) is 0.164. The number of methoxy groups -OCH3 is 2. The molecule has 0 unspecified atom stereocenters. The van der Waals surface area contributed by atoms with Crippen LogP contribution in [0.4, 0.5) is 0 Å². The number of benzene rings is 3. The maximum absolute atomic E-state index is 13.9. The molecule has 1 aliphatic carbocycles. The Balaban J connectivity index is 1.46. The van der Waals surface area contributed by atoms with Crippen molar-refractivity contribution in [3.63, 3.8) is 0 Å². The topological polar surface area (TPSA) is 38.8 Å². The lowest BCUT2D eigenvalue weighted by Gasteiger charge is -2.37. The summed E-state index contributed by atoms with van der Waals surface area (Å²) in [6.45, 7) is 15.1. The van der Waals surface area contributed by atoms with Gasteiger partial charge in [0.1, 0.15) is 18.0 Å². The molecule has 0 bridgehead atoms. The second-order valence-corrected chi connectivity index (χ2v) is 11.5. The second-order valence-electron chi connectivity index (χ2n) is 11.5. The molecule has 3 aromatic rings. The van der Waals surface area contributed by atoms with Crippen LogP contribution in [0.25, 0.3) is 10.8 Å². The van der Waals surface area contributed by atoms with Crippen LogP contribution in [0.5, 0.6) is 11.5 Å². The summed E-state index contributed by atoms with van der Waals surface area (Å²) in [4.78, 5) is 16.0. The van der Waals surface area contributed by atoms with Gasteiger partial charge in [0.25, 0.3) is 5.91 Å². The molecule has 1 aliphatic rings. The minimum absolute atomic E-state index is 0.0745. The Morgan fingerprint density at radius 1 is 0.923 bits per heavy atom. The van der Waals surface area contributed by atoms with Crippen LogP contribution in [-0.4, -0.2) is 62.2 Å². The lowest BCUT2D eigenvalue weighted by Crippen LogP contribution is -2.47. The number of nitrogens with zero attached hydrogens (tertiary/aromatic N) is 2. The number of aryl methyl sites for hydroxylation is 2. The van der Waals surface area contributed by atoms with Crippen LogP contribution >= 0.6 is 0 Å². The summed E-state index contributed by atoms with van der Waals surface area (Å²) in [6.07, 6.45) is 4.55. The van der Waals surface area contributed by atoms with Gasteiger partial charge < -0.3 is 18.9 Å². The van der Waals surface area contributed by atoms with Gasteiger partial charge in [-0.25, -0.2) is 0 Å². The lowest BCUT2D eigenvalue weighted by atomic mass is 10.0. The maximum atomic E-state index is 13.9. The van der Waals surface area contributed by atoms with Crippen molar-refractivity contribution < 1.29 is 18.8 Å². The second kappa shape index (κ2) is 12.9. The number of rotatable bonds is 14. The third kappa shape index (κ3) is 7.13. The Kier molecular flexibility index (Phi) is 9.55. The third-order valence-corrected chi connectivity index (χ3v) is 8.53. The van der Waals surface area contributed by atoms with Crippen LogP contribution in [0, 0.1) is 19.8 Å². The van der Waals surface area contributed by atoms with Crippen molar-refractivity contribution in [1.29, 1.82) is 0 Å². The van der Waals surface area contributed by atoms with Crippen molar-refractivity contribution in [1.82, 2.24) is 4.90 Å². The zero-order valence-electron chi connectivity index (χ0n) is 24.9. The van der Waals surface area contributed by atoms with Crippen molar-refractivity contribution in [3.05, 3.63) is 70.8 Å². The summed E-state index contributed by atoms with van der Waals surface area (Å²) >= 11 is 0. The minimum atomic E-state index is 0.0745. The number of hydrogen-bond acceptors (Lipinski definition) is 3. The maximum Gasteiger partial charge on any atom is 0.257 e. The van der Waals surface area contributed by atoms with Crippen LogP contribution in [0.2, 0.25) is 0 Å². The van der Waals surface area contributed by atoms with Gasteiger partial charge in [0.05, 0.1) is 39.4 Å². The SMILES string of the molecule is CC[N+](CC)(CCCCN(CC1CC1)C(=O)c1cc2cccc(OC)c2cc1OC)Cc1cc(C)cc(C)c1. The molecule has 4 rings (SSSR count). The van der Waals surface area contributed by atoms with E-state index in [1.807, 2.05) is 30.3 Å². The first-order chi connectivity index (χ1) is 18.8. The fourth-order valence-electron chi connectivity index (χ4n) is 5.99. The Morgan fingerprint density at radius 3 is 2.23 bits per heavy atom. The van der Waals surface area contributed by atoms with E-state index in [9.17, 15) is 4.79 Å². The van der Waals surface area contributed by atoms with Crippen LogP contribution in [0.15, 0.2) is 48.5 Å². The molecular formula is C34H47N2O3+. The smallest absolute Gasteiger partial charge is 0.257 e. The molecule has 39 heavy (non-hydrogen) atoms. The zero-order valence-corrected chi connectivity index (χ0v) is 24.9. The predicted octanol–water partition coefficient (Wildman–Crippen LogP) is 7.16. The van der Waals surface area contributed by atoms with E-state index in [0.717, 1.165) is 73.1 Å². The predicted molar refractivity (Wildman–Crippen MR) is 161 cm³/mol. The Morgan fingerprint density at radius 2 is 1.62 bits per heavy atom. The molecule has 0 saturated heterocycles. The summed E-state index contributed by atoms with van der Waals surface area (Å²) in [5, 5.41) is 1.95. The molecule has 1 amide bonds. The van der Waals surface area contributed by atoms with Gasteiger partial charge in [-0.2, -0.15) is 0 Å². The van der Waals surface area contributed by atoms with E-state index in [-0.39, 0.29) is 5.91 Å². The van der Waals surface area contributed by atoms with Crippen LogP contribution in [0.1, 0.15) is 66.6 Å². The fourth-order valence-corrected chi connectivity index (χ4v) is 5.99. The first-order valence-corrected chi connectivity index (χ1v) is 14.7. The molecule has 1 fully saturated rings. The van der Waals surface area contributed by atoms with Gasteiger partial charge in [-0.15, -0.1) is 0 Å². The van der Waals surface area contributed by atoms with Crippen molar-refractivity contribution in [2.45, 2.75) is 59.9 Å². The number of quaternary nitrogens is 1. The molecule has 0 aromatic heterocycles. The first-order valence-electron chi connectivity index (χ1n) is 14.7. The number of hydrogen-bond donors (Lipinski definition) is 0. The molecule has 0 radical (unpaired) electrons. The average Bonchev–Trinajstić information content (AvgIpc) is 3.76. The average molecular weight is 532 g/mol. The molecule has 5 heteroatoms. The number of fused-ring (bicyclic) bond motifs is 1. The van der Waals surface area contributed by atoms with Gasteiger partial charge in [-0.05, 0) is 82.9 Å². The van der Waals surface area contributed by atoms with Gasteiger partial charge in [-0.3, -0.25) is 4.79 Å². The molecule has 0 N–H and O–H groups in total.